The van der Waals surface area contributed by atoms with Crippen molar-refractivity contribution in [2.24, 2.45) is 7.05 Å². The summed E-state index contributed by atoms with van der Waals surface area (Å²) >= 11 is 0. The van der Waals surface area contributed by atoms with E-state index in [0.717, 1.165) is 100 Å². The highest BCUT2D eigenvalue weighted by Gasteiger charge is 2.31. The minimum atomic E-state index is -2.90. The molecule has 3 amide bonds. The summed E-state index contributed by atoms with van der Waals surface area (Å²) in [5.74, 6) is -0.633. The van der Waals surface area contributed by atoms with Gasteiger partial charge in [-0.1, -0.05) is 31.0 Å². The lowest BCUT2D eigenvalue weighted by atomic mass is 10.0. The van der Waals surface area contributed by atoms with E-state index in [1.165, 1.54) is 26.2 Å². The van der Waals surface area contributed by atoms with Gasteiger partial charge in [0.1, 0.15) is 17.4 Å². The van der Waals surface area contributed by atoms with E-state index in [9.17, 15) is 28.0 Å². The van der Waals surface area contributed by atoms with Gasteiger partial charge in [0, 0.05) is 59.1 Å². The lowest BCUT2D eigenvalue weighted by molar-refractivity contribution is -0.135. The summed E-state index contributed by atoms with van der Waals surface area (Å²) in [7, 11) is 1.70. The number of imide groups is 1. The maximum absolute atomic E-state index is 14.1. The van der Waals surface area contributed by atoms with Crippen LogP contribution in [0.2, 0.25) is 0 Å². The van der Waals surface area contributed by atoms with E-state index in [2.05, 4.69) is 36.0 Å². The van der Waals surface area contributed by atoms with Gasteiger partial charge in [-0.2, -0.15) is 10.2 Å². The molecule has 0 radical (unpaired) electrons. The molecule has 0 aliphatic carbocycles. The minimum Gasteiger partial charge on any atom is -0.381 e. The number of aromatic nitrogens is 7. The molecule has 8 rings (SSSR count). The Morgan fingerprint density at radius 2 is 1.65 bits per heavy atom. The number of nitrogens with one attached hydrogen (secondary N) is 3. The molecular weight excluding hydrogens is 801 g/mol. The second kappa shape index (κ2) is 19.2. The number of aryl methyl sites for hydroxylation is 3. The Hall–Kier alpha value is -6.27. The van der Waals surface area contributed by atoms with E-state index in [1.807, 2.05) is 48.5 Å². The Labute approximate surface area is 356 Å². The summed E-state index contributed by atoms with van der Waals surface area (Å²) in [5.41, 5.74) is 3.93. The third kappa shape index (κ3) is 9.45. The van der Waals surface area contributed by atoms with Gasteiger partial charge in [-0.15, -0.1) is 0 Å². The summed E-state index contributed by atoms with van der Waals surface area (Å²) in [4.78, 5) is 57.3. The molecular formula is C44H51F2N11O5. The molecule has 6 heterocycles. The van der Waals surface area contributed by atoms with Crippen molar-refractivity contribution in [3.8, 4) is 5.69 Å². The molecule has 18 heteroatoms. The van der Waals surface area contributed by atoms with Crippen molar-refractivity contribution < 1.29 is 27.9 Å². The molecule has 1 atom stereocenters. The quantitative estimate of drug-likeness (QED) is 0.0762. The van der Waals surface area contributed by atoms with E-state index in [1.54, 1.807) is 17.8 Å². The maximum Gasteiger partial charge on any atom is 0.329 e. The number of hydrogen-bond donors (Lipinski definition) is 3. The molecule has 2 aromatic carbocycles. The number of unbranched alkanes of at least 4 members (excludes halogenated alkanes) is 4. The van der Waals surface area contributed by atoms with Gasteiger partial charge in [-0.3, -0.25) is 28.8 Å². The lowest BCUT2D eigenvalue weighted by Gasteiger charge is -2.28. The number of carbonyl (C=O) groups excluding carboxylic acids is 3. The molecule has 6 aromatic rings. The Morgan fingerprint density at radius 1 is 0.919 bits per heavy atom. The van der Waals surface area contributed by atoms with Gasteiger partial charge in [0.2, 0.25) is 11.8 Å². The molecule has 62 heavy (non-hydrogen) atoms. The van der Waals surface area contributed by atoms with E-state index in [4.69, 9.17) is 4.74 Å². The number of carbonyl (C=O) groups is 3. The van der Waals surface area contributed by atoms with Crippen LogP contribution in [0.25, 0.3) is 22.4 Å². The molecule has 4 aromatic heterocycles. The van der Waals surface area contributed by atoms with Crippen molar-refractivity contribution in [2.45, 2.75) is 76.7 Å². The van der Waals surface area contributed by atoms with Gasteiger partial charge in [-0.05, 0) is 86.4 Å². The van der Waals surface area contributed by atoms with Gasteiger partial charge in [0.05, 0.1) is 34.8 Å². The highest BCUT2D eigenvalue weighted by molar-refractivity contribution is 6.08. The summed E-state index contributed by atoms with van der Waals surface area (Å²) in [6.07, 6.45) is 9.82. The summed E-state index contributed by atoms with van der Waals surface area (Å²) < 4.78 is 40.0. The maximum atomic E-state index is 14.1. The highest BCUT2D eigenvalue weighted by Crippen LogP contribution is 2.29. The average molecular weight is 852 g/mol. The van der Waals surface area contributed by atoms with Gasteiger partial charge in [-0.25, -0.2) is 27.8 Å². The largest absolute Gasteiger partial charge is 0.381 e. The number of halogens is 2. The number of alkyl halides is 2. The second-order valence-corrected chi connectivity index (χ2v) is 15.9. The summed E-state index contributed by atoms with van der Waals surface area (Å²) in [5, 5.41) is 16.6. The molecule has 2 fully saturated rings. The number of nitrogens with zero attached hydrogens (tertiary/aromatic N) is 8. The Morgan fingerprint density at radius 3 is 2.42 bits per heavy atom. The topological polar surface area (TPSA) is 175 Å². The van der Waals surface area contributed by atoms with E-state index >= 15 is 0 Å². The normalized spacial score (nSPS) is 15.9. The van der Waals surface area contributed by atoms with Crippen LogP contribution in [0.5, 0.6) is 0 Å². The first-order chi connectivity index (χ1) is 30.1. The number of rotatable bonds is 18. The zero-order valence-electron chi connectivity index (χ0n) is 34.7. The number of piperazine rings is 1. The Bertz CT molecular complexity index is 2610. The first-order valence-electron chi connectivity index (χ1n) is 21.3. The molecule has 0 bridgehead atoms. The van der Waals surface area contributed by atoms with Crippen molar-refractivity contribution >= 4 is 45.9 Å². The zero-order chi connectivity index (χ0) is 43.2. The number of benzene rings is 2. The number of anilines is 2. The standard InChI is InChI=1S/C44H51F2N11O5/c1-53-36-26-30(12-15-34(36)57(44(53)61)35-16-17-38(58)51-43(35)60)9-5-7-25-62-24-6-3-2-4-8-29-10-13-31(14-11-29)56-28-33(39(52-56)40(45)46)49-42(59)32-27-48-55-21-18-37(50-41(32)55)54-22-19-47-20-23-54/h10-15,18,21,26-28,35,40,47H,2-9,16-17,19-20,22-25H2,1H3,(H,49,59)(H,51,58,60). The number of hydrogen-bond acceptors (Lipinski definition) is 10. The van der Waals surface area contributed by atoms with Crippen LogP contribution in [0.4, 0.5) is 20.3 Å². The monoisotopic (exact) mass is 851 g/mol. The third-order valence-electron chi connectivity index (χ3n) is 11.6. The van der Waals surface area contributed by atoms with Crippen LogP contribution < -0.4 is 26.5 Å². The van der Waals surface area contributed by atoms with E-state index < -0.39 is 30.0 Å². The van der Waals surface area contributed by atoms with Crippen LogP contribution >= 0.6 is 0 Å². The van der Waals surface area contributed by atoms with Crippen LogP contribution in [0.1, 0.15) is 91.0 Å². The second-order valence-electron chi connectivity index (χ2n) is 15.9. The number of amides is 3. The number of ether oxygens (including phenoxy) is 1. The van der Waals surface area contributed by atoms with Crippen molar-refractivity contribution in [2.75, 3.05) is 49.6 Å². The predicted octanol–water partition coefficient (Wildman–Crippen LogP) is 5.29. The third-order valence-corrected chi connectivity index (χ3v) is 11.6. The van der Waals surface area contributed by atoms with Gasteiger partial charge < -0.3 is 20.3 Å². The van der Waals surface area contributed by atoms with E-state index in [-0.39, 0.29) is 29.3 Å². The fourth-order valence-electron chi connectivity index (χ4n) is 8.19. The molecule has 0 spiro atoms. The van der Waals surface area contributed by atoms with Crippen LogP contribution in [-0.2, 0) is 34.2 Å². The Kier molecular flexibility index (Phi) is 13.1. The van der Waals surface area contributed by atoms with E-state index in [0.29, 0.717) is 36.5 Å². The fourth-order valence-corrected chi connectivity index (χ4v) is 8.19. The van der Waals surface area contributed by atoms with Gasteiger partial charge in [0.15, 0.2) is 11.3 Å². The first-order valence-corrected chi connectivity index (χ1v) is 21.3. The molecule has 3 N–H and O–H groups in total. The SMILES string of the molecule is Cn1c(=O)n(C2CCC(=O)NC2=O)c2ccc(CCCCOCCCCCCc3ccc(-n4cc(NC(=O)c5cnn6ccc(N7CCNCC7)nc56)c(C(F)F)n4)cc3)cc21. The molecule has 1 unspecified atom stereocenters. The van der Waals surface area contributed by atoms with Crippen molar-refractivity contribution in [3.63, 3.8) is 0 Å². The summed E-state index contributed by atoms with van der Waals surface area (Å²) in [6.45, 7) is 4.60. The first kappa shape index (κ1) is 42.4. The number of piperidine rings is 1. The number of fused-ring (bicyclic) bond motifs is 2. The molecule has 2 saturated heterocycles. The molecule has 2 aliphatic rings. The number of imidazole rings is 1. The van der Waals surface area contributed by atoms with Crippen LogP contribution in [0, 0.1) is 0 Å². The molecule has 326 valence electrons. The van der Waals surface area contributed by atoms with Crippen LogP contribution in [0.15, 0.2) is 71.9 Å². The van der Waals surface area contributed by atoms with Gasteiger partial charge in [0.25, 0.3) is 12.3 Å². The average Bonchev–Trinajstić information content (AvgIpc) is 3.97. The molecule has 2 aliphatic heterocycles. The fraction of sp³-hybridized carbons (Fsp3) is 0.432. The molecule has 0 saturated carbocycles. The Balaban J connectivity index is 0.741. The highest BCUT2D eigenvalue weighted by atomic mass is 19.3. The van der Waals surface area contributed by atoms with Crippen LogP contribution in [-0.4, -0.2) is 90.6 Å². The van der Waals surface area contributed by atoms with Crippen molar-refractivity contribution in [1.82, 2.24) is 44.1 Å². The van der Waals surface area contributed by atoms with Crippen LogP contribution in [0.3, 0.4) is 0 Å². The lowest BCUT2D eigenvalue weighted by Crippen LogP contribution is -2.44. The van der Waals surface area contributed by atoms with Crippen molar-refractivity contribution in [1.29, 1.82) is 0 Å². The predicted molar refractivity (Wildman–Crippen MR) is 229 cm³/mol. The van der Waals surface area contributed by atoms with Crippen molar-refractivity contribution in [3.05, 3.63) is 100.0 Å². The molecule has 16 nitrogen and oxygen atoms in total. The smallest absolute Gasteiger partial charge is 0.329 e. The van der Waals surface area contributed by atoms with Gasteiger partial charge >= 0.3 is 5.69 Å². The zero-order valence-corrected chi connectivity index (χ0v) is 34.7. The minimum absolute atomic E-state index is 0.0821. The summed E-state index contributed by atoms with van der Waals surface area (Å²) in [6, 6.07) is 14.7.